The van der Waals surface area contributed by atoms with Gasteiger partial charge in [-0.05, 0) is 42.9 Å². The molecular weight excluding hydrogens is 244 g/mol. The molecule has 114 valence electrons. The number of benzene rings is 1. The van der Waals surface area contributed by atoms with Gasteiger partial charge >= 0.3 is 0 Å². The van der Waals surface area contributed by atoms with Gasteiger partial charge in [0, 0.05) is 31.9 Å². The van der Waals surface area contributed by atoms with Gasteiger partial charge in [0.25, 0.3) is 0 Å². The lowest BCUT2D eigenvalue weighted by atomic mass is 9.81. The summed E-state index contributed by atoms with van der Waals surface area (Å²) in [6, 6.07) is 9.33. The van der Waals surface area contributed by atoms with Gasteiger partial charge in [-0.15, -0.1) is 0 Å². The van der Waals surface area contributed by atoms with Gasteiger partial charge < -0.3 is 10.2 Å². The molecule has 0 heterocycles. The summed E-state index contributed by atoms with van der Waals surface area (Å²) in [5, 5.41) is 3.63. The number of nitrogens with zero attached hydrogens (tertiary/aromatic N) is 1. The Bertz CT molecular complexity index is 394. The molecule has 0 fully saturated rings. The van der Waals surface area contributed by atoms with E-state index in [2.05, 4.69) is 76.1 Å². The molecule has 1 aromatic carbocycles. The summed E-state index contributed by atoms with van der Waals surface area (Å²) < 4.78 is 0. The van der Waals surface area contributed by atoms with Crippen molar-refractivity contribution < 1.29 is 0 Å². The summed E-state index contributed by atoms with van der Waals surface area (Å²) in [4.78, 5) is 2.40. The topological polar surface area (TPSA) is 15.3 Å². The first-order valence-electron chi connectivity index (χ1n) is 7.93. The fraction of sp³-hybridized carbons (Fsp3) is 0.667. The molecule has 0 bridgehead atoms. The number of anilines is 1. The Kier molecular flexibility index (Phi) is 6.54. The maximum absolute atomic E-state index is 3.63. The second-order valence-corrected chi connectivity index (χ2v) is 6.44. The predicted octanol–water partition coefficient (Wildman–Crippen LogP) is 4.24. The van der Waals surface area contributed by atoms with E-state index in [0.29, 0.717) is 11.5 Å². The molecule has 0 saturated heterocycles. The number of rotatable bonds is 8. The summed E-state index contributed by atoms with van der Waals surface area (Å²) in [7, 11) is 2.21. The number of nitrogens with one attached hydrogen (secondary N) is 1. The number of hydrogen-bond donors (Lipinski definition) is 1. The van der Waals surface area contributed by atoms with Crippen LogP contribution in [0.5, 0.6) is 0 Å². The minimum atomic E-state index is 0.350. The Labute approximate surface area is 125 Å². The van der Waals surface area contributed by atoms with E-state index in [0.717, 1.165) is 13.1 Å². The van der Waals surface area contributed by atoms with E-state index in [1.807, 2.05) is 0 Å². The highest BCUT2D eigenvalue weighted by Gasteiger charge is 2.28. The molecule has 0 aliphatic rings. The molecule has 1 aromatic rings. The molecule has 2 nitrogen and oxygen atoms in total. The average molecular weight is 276 g/mol. The SMILES string of the molecule is CCC(CC)(CNC(C)C)CN(C)c1cccc(C)c1. The summed E-state index contributed by atoms with van der Waals surface area (Å²) >= 11 is 0. The first kappa shape index (κ1) is 17.0. The van der Waals surface area contributed by atoms with E-state index in [9.17, 15) is 0 Å². The fourth-order valence-electron chi connectivity index (χ4n) is 2.66. The molecule has 1 rings (SSSR count). The smallest absolute Gasteiger partial charge is 0.0366 e. The van der Waals surface area contributed by atoms with Crippen molar-refractivity contribution in [1.29, 1.82) is 0 Å². The van der Waals surface area contributed by atoms with Crippen molar-refractivity contribution in [3.8, 4) is 0 Å². The second-order valence-electron chi connectivity index (χ2n) is 6.44. The van der Waals surface area contributed by atoms with Crippen LogP contribution in [0.4, 0.5) is 5.69 Å². The molecule has 20 heavy (non-hydrogen) atoms. The number of aryl methyl sites for hydroxylation is 1. The first-order valence-corrected chi connectivity index (χ1v) is 7.93. The van der Waals surface area contributed by atoms with E-state index < -0.39 is 0 Å². The van der Waals surface area contributed by atoms with Crippen LogP contribution in [0.1, 0.15) is 46.1 Å². The molecule has 0 aliphatic carbocycles. The monoisotopic (exact) mass is 276 g/mol. The Morgan fingerprint density at radius 3 is 2.35 bits per heavy atom. The Balaban J connectivity index is 2.78. The largest absolute Gasteiger partial charge is 0.374 e. The lowest BCUT2D eigenvalue weighted by molar-refractivity contribution is 0.248. The third-order valence-corrected chi connectivity index (χ3v) is 4.40. The maximum atomic E-state index is 3.63. The van der Waals surface area contributed by atoms with Crippen LogP contribution >= 0.6 is 0 Å². The average Bonchev–Trinajstić information content (AvgIpc) is 2.43. The van der Waals surface area contributed by atoms with Crippen molar-refractivity contribution in [3.05, 3.63) is 29.8 Å². The van der Waals surface area contributed by atoms with Crippen molar-refractivity contribution in [2.75, 3.05) is 25.0 Å². The van der Waals surface area contributed by atoms with Crippen molar-refractivity contribution in [1.82, 2.24) is 5.32 Å². The molecule has 0 aliphatic heterocycles. The van der Waals surface area contributed by atoms with Crippen LogP contribution < -0.4 is 10.2 Å². The third-order valence-electron chi connectivity index (χ3n) is 4.40. The molecule has 0 atom stereocenters. The summed E-state index contributed by atoms with van der Waals surface area (Å²) in [5.41, 5.74) is 3.00. The molecule has 1 N–H and O–H groups in total. The minimum Gasteiger partial charge on any atom is -0.374 e. The zero-order valence-electron chi connectivity index (χ0n) is 14.2. The van der Waals surface area contributed by atoms with Crippen LogP contribution in [0.3, 0.4) is 0 Å². The maximum Gasteiger partial charge on any atom is 0.0366 e. The van der Waals surface area contributed by atoms with Crippen LogP contribution in [0.25, 0.3) is 0 Å². The Morgan fingerprint density at radius 1 is 1.20 bits per heavy atom. The highest BCUT2D eigenvalue weighted by molar-refractivity contribution is 5.47. The van der Waals surface area contributed by atoms with Gasteiger partial charge in [-0.2, -0.15) is 0 Å². The fourth-order valence-corrected chi connectivity index (χ4v) is 2.66. The molecule has 0 amide bonds. The normalized spacial score (nSPS) is 11.9. The minimum absolute atomic E-state index is 0.350. The standard InChI is InChI=1S/C18H32N2/c1-7-18(8-2,13-19-15(3)4)14-20(6)17-11-9-10-16(5)12-17/h9-12,15,19H,7-8,13-14H2,1-6H3. The third kappa shape index (κ3) is 4.82. The van der Waals surface area contributed by atoms with Crippen molar-refractivity contribution in [3.63, 3.8) is 0 Å². The van der Waals surface area contributed by atoms with Crippen LogP contribution in [0.15, 0.2) is 24.3 Å². The van der Waals surface area contributed by atoms with E-state index in [1.54, 1.807) is 0 Å². The van der Waals surface area contributed by atoms with E-state index >= 15 is 0 Å². The van der Waals surface area contributed by atoms with Gasteiger partial charge in [-0.25, -0.2) is 0 Å². The molecule has 0 spiro atoms. The van der Waals surface area contributed by atoms with Gasteiger partial charge in [0.1, 0.15) is 0 Å². The lowest BCUT2D eigenvalue weighted by Gasteiger charge is -2.37. The predicted molar refractivity (Wildman–Crippen MR) is 90.6 cm³/mol. The summed E-state index contributed by atoms with van der Waals surface area (Å²) in [6.07, 6.45) is 2.42. The molecule has 0 radical (unpaired) electrons. The van der Waals surface area contributed by atoms with Crippen molar-refractivity contribution in [2.45, 2.75) is 53.5 Å². The van der Waals surface area contributed by atoms with Crippen molar-refractivity contribution in [2.24, 2.45) is 5.41 Å². The van der Waals surface area contributed by atoms with Gasteiger partial charge in [0.05, 0.1) is 0 Å². The van der Waals surface area contributed by atoms with Crippen LogP contribution in [0.2, 0.25) is 0 Å². The van der Waals surface area contributed by atoms with E-state index in [-0.39, 0.29) is 0 Å². The second kappa shape index (κ2) is 7.68. The Morgan fingerprint density at radius 2 is 1.85 bits per heavy atom. The van der Waals surface area contributed by atoms with Gasteiger partial charge in [0.2, 0.25) is 0 Å². The number of hydrogen-bond acceptors (Lipinski definition) is 2. The van der Waals surface area contributed by atoms with Gasteiger partial charge in [0.15, 0.2) is 0 Å². The summed E-state index contributed by atoms with van der Waals surface area (Å²) in [5.74, 6) is 0. The molecular formula is C18H32N2. The molecule has 2 heteroatoms. The van der Waals surface area contributed by atoms with Crippen LogP contribution in [-0.2, 0) is 0 Å². The zero-order valence-corrected chi connectivity index (χ0v) is 14.2. The van der Waals surface area contributed by atoms with Gasteiger partial charge in [-0.3, -0.25) is 0 Å². The molecule has 0 saturated carbocycles. The van der Waals surface area contributed by atoms with E-state index in [1.165, 1.54) is 24.1 Å². The highest BCUT2D eigenvalue weighted by atomic mass is 15.1. The zero-order chi connectivity index (χ0) is 15.2. The Hall–Kier alpha value is -1.02. The van der Waals surface area contributed by atoms with Gasteiger partial charge in [-0.1, -0.05) is 39.8 Å². The van der Waals surface area contributed by atoms with E-state index in [4.69, 9.17) is 0 Å². The molecule has 0 unspecified atom stereocenters. The van der Waals surface area contributed by atoms with Crippen LogP contribution in [-0.4, -0.2) is 26.2 Å². The van der Waals surface area contributed by atoms with Crippen LogP contribution in [0, 0.1) is 12.3 Å². The quantitative estimate of drug-likeness (QED) is 0.764. The highest BCUT2D eigenvalue weighted by Crippen LogP contribution is 2.29. The van der Waals surface area contributed by atoms with Crippen molar-refractivity contribution >= 4 is 5.69 Å². The lowest BCUT2D eigenvalue weighted by Crippen LogP contribution is -2.44. The first-order chi connectivity index (χ1) is 9.42. The summed E-state index contributed by atoms with van der Waals surface area (Å²) in [6.45, 7) is 13.4. The molecule has 0 aromatic heterocycles.